The lowest BCUT2D eigenvalue weighted by molar-refractivity contribution is -0.124. The third-order valence-electron chi connectivity index (χ3n) is 3.87. The third kappa shape index (κ3) is 4.25. The molecule has 1 saturated carbocycles. The molecule has 0 aromatic heterocycles. The average molecular weight is 225 g/mol. The topological polar surface area (TPSA) is 29.1 Å². The van der Waals surface area contributed by atoms with Crippen molar-refractivity contribution in [3.05, 3.63) is 0 Å². The molecule has 1 aliphatic rings. The number of carbonyl (C=O) groups excluding carboxylic acids is 1. The van der Waals surface area contributed by atoms with Crippen molar-refractivity contribution in [2.45, 2.75) is 59.4 Å². The maximum absolute atomic E-state index is 12.0. The number of nitrogens with one attached hydrogen (secondary N) is 1. The molecule has 2 heteroatoms. The number of hydrogen-bond acceptors (Lipinski definition) is 2. The van der Waals surface area contributed by atoms with Gasteiger partial charge in [0.05, 0.1) is 6.54 Å². The molecule has 0 spiro atoms. The first kappa shape index (κ1) is 13.7. The molecule has 3 unspecified atom stereocenters. The molecule has 1 rings (SSSR count). The predicted octanol–water partition coefficient (Wildman–Crippen LogP) is 3.02. The highest BCUT2D eigenvalue weighted by atomic mass is 16.1. The van der Waals surface area contributed by atoms with Crippen LogP contribution < -0.4 is 5.32 Å². The molecule has 0 aromatic carbocycles. The summed E-state index contributed by atoms with van der Waals surface area (Å²) in [5, 5.41) is 3.31. The largest absolute Gasteiger partial charge is 0.308 e. The van der Waals surface area contributed by atoms with Crippen LogP contribution in [0.15, 0.2) is 0 Å². The lowest BCUT2D eigenvalue weighted by Crippen LogP contribution is -2.36. The fourth-order valence-corrected chi connectivity index (χ4v) is 2.77. The van der Waals surface area contributed by atoms with Crippen LogP contribution in [0.25, 0.3) is 0 Å². The van der Waals surface area contributed by atoms with Gasteiger partial charge in [-0.25, -0.2) is 0 Å². The van der Waals surface area contributed by atoms with E-state index in [1.165, 1.54) is 6.42 Å². The van der Waals surface area contributed by atoms with Gasteiger partial charge < -0.3 is 5.32 Å². The number of ketones is 1. The van der Waals surface area contributed by atoms with E-state index in [1.807, 2.05) is 0 Å². The van der Waals surface area contributed by atoms with Gasteiger partial charge in [-0.3, -0.25) is 4.79 Å². The summed E-state index contributed by atoms with van der Waals surface area (Å²) in [6.07, 6.45) is 4.59. The quantitative estimate of drug-likeness (QED) is 0.779. The highest BCUT2D eigenvalue weighted by Gasteiger charge is 2.28. The van der Waals surface area contributed by atoms with E-state index in [9.17, 15) is 4.79 Å². The van der Waals surface area contributed by atoms with Gasteiger partial charge in [0.1, 0.15) is 5.78 Å². The van der Waals surface area contributed by atoms with Crippen LogP contribution >= 0.6 is 0 Å². The summed E-state index contributed by atoms with van der Waals surface area (Å²) in [7, 11) is 0. The molecule has 1 fully saturated rings. The molecule has 94 valence electrons. The smallest absolute Gasteiger partial charge is 0.149 e. The fraction of sp³-hybridized carbons (Fsp3) is 0.929. The van der Waals surface area contributed by atoms with Crippen LogP contribution in [0.1, 0.15) is 53.4 Å². The van der Waals surface area contributed by atoms with Crippen LogP contribution in [0.3, 0.4) is 0 Å². The highest BCUT2D eigenvalue weighted by molar-refractivity contribution is 5.83. The molecule has 0 bridgehead atoms. The van der Waals surface area contributed by atoms with Crippen molar-refractivity contribution in [3.63, 3.8) is 0 Å². The molecule has 3 atom stereocenters. The van der Waals surface area contributed by atoms with Gasteiger partial charge in [-0.1, -0.05) is 20.8 Å². The Morgan fingerprint density at radius 3 is 2.31 bits per heavy atom. The lowest BCUT2D eigenvalue weighted by atomic mass is 9.75. The number of Topliss-reactive ketones (excluding diaryl/α,β-unsaturated/α-hetero) is 1. The molecule has 0 heterocycles. The zero-order chi connectivity index (χ0) is 12.1. The zero-order valence-corrected chi connectivity index (χ0v) is 11.3. The molecular weight excluding hydrogens is 198 g/mol. The molecule has 0 aliphatic heterocycles. The van der Waals surface area contributed by atoms with Gasteiger partial charge in [0.15, 0.2) is 0 Å². The van der Waals surface area contributed by atoms with Crippen molar-refractivity contribution in [2.24, 2.45) is 17.8 Å². The molecular formula is C14H27NO. The molecule has 0 aromatic rings. The molecule has 16 heavy (non-hydrogen) atoms. The number of carbonyl (C=O) groups is 1. The minimum atomic E-state index is 0.315. The average Bonchev–Trinajstić information content (AvgIpc) is 2.23. The maximum atomic E-state index is 12.0. The van der Waals surface area contributed by atoms with E-state index in [-0.39, 0.29) is 0 Å². The van der Waals surface area contributed by atoms with Crippen molar-refractivity contribution in [1.29, 1.82) is 0 Å². The summed E-state index contributed by atoms with van der Waals surface area (Å²) in [4.78, 5) is 12.0. The van der Waals surface area contributed by atoms with Gasteiger partial charge in [-0.15, -0.1) is 0 Å². The van der Waals surface area contributed by atoms with E-state index < -0.39 is 0 Å². The Labute approximate surface area is 100 Å². The summed E-state index contributed by atoms with van der Waals surface area (Å²) < 4.78 is 0. The van der Waals surface area contributed by atoms with Gasteiger partial charge in [0.2, 0.25) is 0 Å². The Kier molecular flexibility index (Phi) is 5.47. The first-order valence-electron chi connectivity index (χ1n) is 6.79. The van der Waals surface area contributed by atoms with E-state index in [0.29, 0.717) is 24.3 Å². The number of hydrogen-bond donors (Lipinski definition) is 1. The van der Waals surface area contributed by atoms with Crippen molar-refractivity contribution < 1.29 is 4.79 Å². The Morgan fingerprint density at radius 1 is 1.25 bits per heavy atom. The van der Waals surface area contributed by atoms with Crippen molar-refractivity contribution >= 4 is 5.78 Å². The van der Waals surface area contributed by atoms with E-state index in [4.69, 9.17) is 0 Å². The van der Waals surface area contributed by atoms with Crippen LogP contribution in [0.2, 0.25) is 0 Å². The van der Waals surface area contributed by atoms with Crippen molar-refractivity contribution in [3.8, 4) is 0 Å². The second kappa shape index (κ2) is 6.39. The van der Waals surface area contributed by atoms with Gasteiger partial charge in [0.25, 0.3) is 0 Å². The lowest BCUT2D eigenvalue weighted by Gasteiger charge is -2.30. The van der Waals surface area contributed by atoms with Crippen molar-refractivity contribution in [1.82, 2.24) is 5.32 Å². The second-order valence-electron chi connectivity index (χ2n) is 5.77. The van der Waals surface area contributed by atoms with Crippen LogP contribution in [-0.4, -0.2) is 18.4 Å². The second-order valence-corrected chi connectivity index (χ2v) is 5.77. The maximum Gasteiger partial charge on any atom is 0.149 e. The SMILES string of the molecule is CCC(C)NCC(=O)C1CC(C)CC(C)C1. The van der Waals surface area contributed by atoms with E-state index in [2.05, 4.69) is 33.0 Å². The molecule has 0 amide bonds. The van der Waals surface area contributed by atoms with Crippen LogP contribution in [0.5, 0.6) is 0 Å². The van der Waals surface area contributed by atoms with Crippen LogP contribution in [-0.2, 0) is 4.79 Å². The minimum Gasteiger partial charge on any atom is -0.308 e. The van der Waals surface area contributed by atoms with Crippen LogP contribution in [0.4, 0.5) is 0 Å². The van der Waals surface area contributed by atoms with E-state index in [0.717, 1.165) is 31.1 Å². The Hall–Kier alpha value is -0.370. The Balaban J connectivity index is 2.35. The predicted molar refractivity (Wildman–Crippen MR) is 68.4 cm³/mol. The Morgan fingerprint density at radius 2 is 1.81 bits per heavy atom. The Bertz CT molecular complexity index is 217. The third-order valence-corrected chi connectivity index (χ3v) is 3.87. The van der Waals surface area contributed by atoms with E-state index >= 15 is 0 Å². The standard InChI is InChI=1S/C14H27NO/c1-5-12(4)15-9-14(16)13-7-10(2)6-11(3)8-13/h10-13,15H,5-9H2,1-4H3. The fourth-order valence-electron chi connectivity index (χ4n) is 2.77. The summed E-state index contributed by atoms with van der Waals surface area (Å²) in [6, 6.07) is 0.461. The zero-order valence-electron chi connectivity index (χ0n) is 11.3. The highest BCUT2D eigenvalue weighted by Crippen LogP contribution is 2.33. The molecule has 1 aliphatic carbocycles. The summed E-state index contributed by atoms with van der Waals surface area (Å²) >= 11 is 0. The van der Waals surface area contributed by atoms with Gasteiger partial charge in [-0.2, -0.15) is 0 Å². The molecule has 0 saturated heterocycles. The summed E-state index contributed by atoms with van der Waals surface area (Å²) in [5.41, 5.74) is 0. The first-order valence-corrected chi connectivity index (χ1v) is 6.79. The van der Waals surface area contributed by atoms with Crippen molar-refractivity contribution in [2.75, 3.05) is 6.54 Å². The van der Waals surface area contributed by atoms with Gasteiger partial charge in [-0.05, 0) is 44.4 Å². The normalized spacial score (nSPS) is 32.4. The van der Waals surface area contributed by atoms with Crippen LogP contribution in [0, 0.1) is 17.8 Å². The molecule has 1 N–H and O–H groups in total. The molecule has 2 nitrogen and oxygen atoms in total. The summed E-state index contributed by atoms with van der Waals surface area (Å²) in [6.45, 7) is 9.40. The minimum absolute atomic E-state index is 0.315. The van der Waals surface area contributed by atoms with E-state index in [1.54, 1.807) is 0 Å². The first-order chi connectivity index (χ1) is 7.52. The monoisotopic (exact) mass is 225 g/mol. The van der Waals surface area contributed by atoms with Gasteiger partial charge in [0, 0.05) is 12.0 Å². The number of rotatable bonds is 5. The van der Waals surface area contributed by atoms with Gasteiger partial charge >= 0.3 is 0 Å². The molecule has 0 radical (unpaired) electrons. The summed E-state index contributed by atoms with van der Waals surface area (Å²) in [5.74, 6) is 2.19.